The van der Waals surface area contributed by atoms with Crippen LogP contribution in [0.4, 0.5) is 10.1 Å². The van der Waals surface area contributed by atoms with Gasteiger partial charge in [-0.25, -0.2) is 14.1 Å². The van der Waals surface area contributed by atoms with E-state index in [4.69, 9.17) is 0 Å². The summed E-state index contributed by atoms with van der Waals surface area (Å²) >= 11 is 0. The lowest BCUT2D eigenvalue weighted by molar-refractivity contribution is 0.347. The van der Waals surface area contributed by atoms with Gasteiger partial charge in [0.2, 0.25) is 0 Å². The molecule has 0 saturated carbocycles. The molecular weight excluding hydrogens is 305 g/mol. The number of rotatable bonds is 6. The molecule has 0 aliphatic carbocycles. The summed E-state index contributed by atoms with van der Waals surface area (Å²) in [5.41, 5.74) is 1.10. The third-order valence-electron chi connectivity index (χ3n) is 4.79. The number of halogens is 1. The zero-order valence-corrected chi connectivity index (χ0v) is 14.5. The van der Waals surface area contributed by atoms with E-state index in [9.17, 15) is 4.39 Å². The monoisotopic (exact) mass is 331 g/mol. The second-order valence-corrected chi connectivity index (χ2v) is 6.30. The second kappa shape index (κ2) is 7.75. The van der Waals surface area contributed by atoms with Crippen LogP contribution in [0.1, 0.15) is 45.0 Å². The Morgan fingerprint density at radius 1 is 1.21 bits per heavy atom. The molecule has 6 heteroatoms. The van der Waals surface area contributed by atoms with Gasteiger partial charge in [0.1, 0.15) is 18.0 Å². The quantitative estimate of drug-likeness (QED) is 0.883. The van der Waals surface area contributed by atoms with Crippen LogP contribution in [-0.2, 0) is 6.54 Å². The molecule has 130 valence electrons. The first kappa shape index (κ1) is 16.9. The van der Waals surface area contributed by atoms with E-state index in [1.54, 1.807) is 6.33 Å². The minimum atomic E-state index is -0.180. The molecule has 2 aromatic rings. The van der Waals surface area contributed by atoms with Crippen molar-refractivity contribution in [1.82, 2.24) is 20.1 Å². The van der Waals surface area contributed by atoms with Gasteiger partial charge >= 0.3 is 0 Å². The van der Waals surface area contributed by atoms with Crippen LogP contribution in [-0.4, -0.2) is 33.9 Å². The average Bonchev–Trinajstić information content (AvgIpc) is 3.09. The average molecular weight is 331 g/mol. The Hall–Kier alpha value is -1.95. The molecule has 24 heavy (non-hydrogen) atoms. The van der Waals surface area contributed by atoms with E-state index >= 15 is 0 Å². The smallest absolute Gasteiger partial charge is 0.143 e. The molecule has 3 rings (SSSR count). The van der Waals surface area contributed by atoms with Crippen molar-refractivity contribution in [2.24, 2.45) is 0 Å². The van der Waals surface area contributed by atoms with Gasteiger partial charge in [-0.1, -0.05) is 6.92 Å². The Balaban J connectivity index is 1.57. The lowest BCUT2D eigenvalue weighted by atomic mass is 10.0. The van der Waals surface area contributed by atoms with Crippen molar-refractivity contribution in [2.75, 3.05) is 18.0 Å². The molecule has 2 heterocycles. The Morgan fingerprint density at radius 2 is 1.92 bits per heavy atom. The summed E-state index contributed by atoms with van der Waals surface area (Å²) in [4.78, 5) is 6.76. The number of aryl methyl sites for hydroxylation is 1. The number of piperidine rings is 1. The summed E-state index contributed by atoms with van der Waals surface area (Å²) in [7, 11) is 0. The number of nitrogens with zero attached hydrogens (tertiary/aromatic N) is 4. The molecule has 1 aromatic heterocycles. The van der Waals surface area contributed by atoms with Gasteiger partial charge in [-0.3, -0.25) is 0 Å². The van der Waals surface area contributed by atoms with E-state index in [0.717, 1.165) is 50.4 Å². The van der Waals surface area contributed by atoms with Crippen molar-refractivity contribution in [1.29, 1.82) is 0 Å². The van der Waals surface area contributed by atoms with Gasteiger partial charge in [0.15, 0.2) is 0 Å². The molecule has 1 fully saturated rings. The van der Waals surface area contributed by atoms with E-state index in [1.807, 2.05) is 16.8 Å². The number of benzene rings is 1. The highest BCUT2D eigenvalue weighted by Gasteiger charge is 2.24. The molecule has 1 aliphatic heterocycles. The number of aromatic nitrogens is 3. The fourth-order valence-corrected chi connectivity index (χ4v) is 3.40. The highest BCUT2D eigenvalue weighted by atomic mass is 19.1. The predicted octanol–water partition coefficient (Wildman–Crippen LogP) is 3.15. The largest absolute Gasteiger partial charge is 0.371 e. The van der Waals surface area contributed by atoms with Crippen LogP contribution in [0.15, 0.2) is 30.6 Å². The third kappa shape index (κ3) is 3.75. The van der Waals surface area contributed by atoms with E-state index in [1.165, 1.54) is 12.1 Å². The molecule has 0 bridgehead atoms. The summed E-state index contributed by atoms with van der Waals surface area (Å²) in [6, 6.07) is 7.52. The molecule has 1 N–H and O–H groups in total. The first-order chi connectivity index (χ1) is 11.7. The molecule has 1 aromatic carbocycles. The summed E-state index contributed by atoms with van der Waals surface area (Å²) in [5, 5.41) is 8.04. The fourth-order valence-electron chi connectivity index (χ4n) is 3.40. The Kier molecular flexibility index (Phi) is 5.45. The van der Waals surface area contributed by atoms with Gasteiger partial charge in [0.25, 0.3) is 0 Å². The second-order valence-electron chi connectivity index (χ2n) is 6.30. The van der Waals surface area contributed by atoms with Crippen LogP contribution in [0.2, 0.25) is 0 Å². The van der Waals surface area contributed by atoms with Crippen LogP contribution < -0.4 is 10.2 Å². The third-order valence-corrected chi connectivity index (χ3v) is 4.79. The van der Waals surface area contributed by atoms with Crippen molar-refractivity contribution < 1.29 is 4.39 Å². The predicted molar refractivity (Wildman–Crippen MR) is 93.5 cm³/mol. The van der Waals surface area contributed by atoms with Crippen LogP contribution in [0.25, 0.3) is 0 Å². The summed E-state index contributed by atoms with van der Waals surface area (Å²) in [5.74, 6) is 0.849. The standard InChI is InChI=1S/C18H26FN5/c1-3-17(18-20-13-21-24(18)4-2)22-15-9-11-23(12-10-15)16-7-5-14(19)6-8-16/h5-8,13,15,17,22H,3-4,9-12H2,1-2H3/t17-/m0/s1. The van der Waals surface area contributed by atoms with E-state index < -0.39 is 0 Å². The van der Waals surface area contributed by atoms with Crippen LogP contribution in [0, 0.1) is 5.82 Å². The number of hydrogen-bond acceptors (Lipinski definition) is 4. The minimum Gasteiger partial charge on any atom is -0.371 e. The van der Waals surface area contributed by atoms with E-state index in [2.05, 4.69) is 34.1 Å². The summed E-state index contributed by atoms with van der Waals surface area (Å²) in [6.07, 6.45) is 4.79. The lowest BCUT2D eigenvalue weighted by Crippen LogP contribution is -2.44. The maximum atomic E-state index is 13.1. The van der Waals surface area contributed by atoms with Gasteiger partial charge in [0.05, 0.1) is 6.04 Å². The first-order valence-corrected chi connectivity index (χ1v) is 8.85. The number of anilines is 1. The zero-order valence-electron chi connectivity index (χ0n) is 14.5. The van der Waals surface area contributed by atoms with Gasteiger partial charge in [-0.2, -0.15) is 5.10 Å². The molecule has 0 radical (unpaired) electrons. The van der Waals surface area contributed by atoms with Gasteiger partial charge in [0, 0.05) is 31.4 Å². The van der Waals surface area contributed by atoms with Crippen molar-refractivity contribution in [3.8, 4) is 0 Å². The van der Waals surface area contributed by atoms with Crippen molar-refractivity contribution >= 4 is 5.69 Å². The number of hydrogen-bond donors (Lipinski definition) is 1. The highest BCUT2D eigenvalue weighted by molar-refractivity contribution is 5.46. The van der Waals surface area contributed by atoms with Crippen molar-refractivity contribution in [3.63, 3.8) is 0 Å². The minimum absolute atomic E-state index is 0.180. The maximum absolute atomic E-state index is 13.1. The summed E-state index contributed by atoms with van der Waals surface area (Å²) < 4.78 is 15.0. The molecular formula is C18H26FN5. The molecule has 0 unspecified atom stereocenters. The van der Waals surface area contributed by atoms with Crippen LogP contribution >= 0.6 is 0 Å². The fraction of sp³-hybridized carbons (Fsp3) is 0.556. The SMILES string of the molecule is CC[C@H](NC1CCN(c2ccc(F)cc2)CC1)c1ncnn1CC. The van der Waals surface area contributed by atoms with E-state index in [0.29, 0.717) is 6.04 Å². The first-order valence-electron chi connectivity index (χ1n) is 8.85. The summed E-state index contributed by atoms with van der Waals surface area (Å²) in [6.45, 7) is 7.09. The Labute approximate surface area is 142 Å². The topological polar surface area (TPSA) is 46.0 Å². The van der Waals surface area contributed by atoms with Gasteiger partial charge in [-0.05, 0) is 50.5 Å². The van der Waals surface area contributed by atoms with Crippen LogP contribution in [0.3, 0.4) is 0 Å². The molecule has 0 spiro atoms. The zero-order chi connectivity index (χ0) is 16.9. The molecule has 1 saturated heterocycles. The maximum Gasteiger partial charge on any atom is 0.143 e. The molecule has 1 aliphatic rings. The normalized spacial score (nSPS) is 17.2. The van der Waals surface area contributed by atoms with Gasteiger partial charge < -0.3 is 10.2 Å². The Bertz CT molecular complexity index is 631. The molecule has 0 amide bonds. The Morgan fingerprint density at radius 3 is 2.54 bits per heavy atom. The number of nitrogens with one attached hydrogen (secondary N) is 1. The van der Waals surface area contributed by atoms with Crippen molar-refractivity contribution in [2.45, 2.75) is 51.7 Å². The van der Waals surface area contributed by atoms with Crippen LogP contribution in [0.5, 0.6) is 0 Å². The lowest BCUT2D eigenvalue weighted by Gasteiger charge is -2.35. The van der Waals surface area contributed by atoms with Crippen molar-refractivity contribution in [3.05, 3.63) is 42.2 Å². The van der Waals surface area contributed by atoms with Gasteiger partial charge in [-0.15, -0.1) is 0 Å². The highest BCUT2D eigenvalue weighted by Crippen LogP contribution is 2.23. The molecule has 5 nitrogen and oxygen atoms in total. The van der Waals surface area contributed by atoms with E-state index in [-0.39, 0.29) is 11.9 Å². The molecule has 1 atom stereocenters.